The fourth-order valence-electron chi connectivity index (χ4n) is 2.75. The highest BCUT2D eigenvalue weighted by atomic mass is 35.5. The predicted octanol–water partition coefficient (Wildman–Crippen LogP) is 5.76. The smallest absolute Gasteiger partial charge is 0.151 e. The van der Waals surface area contributed by atoms with Crippen molar-refractivity contribution < 1.29 is 4.79 Å². The van der Waals surface area contributed by atoms with E-state index in [1.54, 1.807) is 0 Å². The molecule has 0 amide bonds. The van der Waals surface area contributed by atoms with Crippen LogP contribution in [-0.4, -0.2) is 6.29 Å². The Morgan fingerprint density at radius 3 is 2.14 bits per heavy atom. The highest BCUT2D eigenvalue weighted by Gasteiger charge is 2.17. The van der Waals surface area contributed by atoms with E-state index in [1.165, 1.54) is 5.56 Å². The second kappa shape index (κ2) is 4.85. The Bertz CT molecular complexity index is 857. The van der Waals surface area contributed by atoms with Gasteiger partial charge in [0.15, 0.2) is 6.29 Å². The Balaban J connectivity index is 2.52. The minimum Gasteiger partial charge on any atom is -0.298 e. The van der Waals surface area contributed by atoms with Gasteiger partial charge in [-0.25, -0.2) is 0 Å². The van der Waals surface area contributed by atoms with Gasteiger partial charge in [-0.2, -0.15) is 0 Å². The topological polar surface area (TPSA) is 17.1 Å². The lowest BCUT2D eigenvalue weighted by Crippen LogP contribution is -2.10. The first-order valence-electron chi connectivity index (χ1n) is 7.03. The van der Waals surface area contributed by atoms with Crippen LogP contribution >= 0.6 is 11.6 Å². The van der Waals surface area contributed by atoms with Crippen LogP contribution in [0.25, 0.3) is 21.5 Å². The van der Waals surface area contributed by atoms with Crippen LogP contribution in [-0.2, 0) is 5.41 Å². The Hall–Kier alpha value is -1.86. The van der Waals surface area contributed by atoms with Gasteiger partial charge in [0.2, 0.25) is 0 Å². The molecule has 0 aliphatic rings. The molecule has 0 aliphatic heterocycles. The van der Waals surface area contributed by atoms with Gasteiger partial charge in [0.25, 0.3) is 0 Å². The molecule has 1 nitrogen and oxygen atoms in total. The Labute approximate surface area is 129 Å². The van der Waals surface area contributed by atoms with Crippen LogP contribution in [0.5, 0.6) is 0 Å². The lowest BCUT2D eigenvalue weighted by molar-refractivity contribution is 0.112. The monoisotopic (exact) mass is 296 g/mol. The van der Waals surface area contributed by atoms with Gasteiger partial charge in [-0.05, 0) is 27.8 Å². The molecule has 3 aromatic rings. The van der Waals surface area contributed by atoms with Crippen LogP contribution in [0.15, 0.2) is 42.5 Å². The first kappa shape index (κ1) is 14.1. The molecular weight excluding hydrogens is 280 g/mol. The van der Waals surface area contributed by atoms with Crippen LogP contribution in [0.4, 0.5) is 0 Å². The zero-order valence-corrected chi connectivity index (χ0v) is 13.2. The fourth-order valence-corrected chi connectivity index (χ4v) is 3.08. The highest BCUT2D eigenvalue weighted by molar-refractivity contribution is 6.42. The molecule has 2 heteroatoms. The van der Waals surface area contributed by atoms with Crippen molar-refractivity contribution in [2.24, 2.45) is 0 Å². The summed E-state index contributed by atoms with van der Waals surface area (Å²) in [6.45, 7) is 6.49. The lowest BCUT2D eigenvalue weighted by Gasteiger charge is -2.20. The Morgan fingerprint density at radius 1 is 0.905 bits per heavy atom. The van der Waals surface area contributed by atoms with Gasteiger partial charge in [0, 0.05) is 16.3 Å². The van der Waals surface area contributed by atoms with Crippen molar-refractivity contribution in [3.8, 4) is 0 Å². The molecule has 0 atom stereocenters. The largest absolute Gasteiger partial charge is 0.298 e. The first-order valence-corrected chi connectivity index (χ1v) is 7.41. The number of carbonyl (C=O) groups excluding carboxylic acids is 1. The number of hydrogen-bond donors (Lipinski definition) is 0. The number of halogens is 1. The summed E-state index contributed by atoms with van der Waals surface area (Å²) < 4.78 is 0. The van der Waals surface area contributed by atoms with Gasteiger partial charge in [0.1, 0.15) is 0 Å². The highest BCUT2D eigenvalue weighted by Crippen LogP contribution is 2.37. The summed E-state index contributed by atoms with van der Waals surface area (Å²) in [6.07, 6.45) is 0.938. The zero-order chi connectivity index (χ0) is 15.2. The second-order valence-corrected chi connectivity index (χ2v) is 6.78. The Morgan fingerprint density at radius 2 is 1.52 bits per heavy atom. The molecule has 0 saturated carbocycles. The summed E-state index contributed by atoms with van der Waals surface area (Å²) >= 11 is 6.55. The normalized spacial score (nSPS) is 12.0. The van der Waals surface area contributed by atoms with Crippen LogP contribution in [0.2, 0.25) is 5.02 Å². The molecule has 3 rings (SSSR count). The van der Waals surface area contributed by atoms with Gasteiger partial charge >= 0.3 is 0 Å². The van der Waals surface area contributed by atoms with Crippen molar-refractivity contribution in [3.63, 3.8) is 0 Å². The van der Waals surface area contributed by atoms with Crippen molar-refractivity contribution in [2.45, 2.75) is 26.2 Å². The van der Waals surface area contributed by atoms with E-state index in [-0.39, 0.29) is 5.41 Å². The SMILES string of the molecule is CC(C)(C)c1ccc2c(Cl)c3ccccc3c(C=O)c2c1. The number of rotatable bonds is 1. The standard InChI is InChI=1S/C19H17ClO/c1-19(2,3)12-8-9-15-16(10-12)17(11-21)13-6-4-5-7-14(13)18(15)20/h4-11H,1-3H3. The van der Waals surface area contributed by atoms with E-state index < -0.39 is 0 Å². The maximum absolute atomic E-state index is 11.7. The maximum Gasteiger partial charge on any atom is 0.151 e. The van der Waals surface area contributed by atoms with E-state index >= 15 is 0 Å². The molecule has 106 valence electrons. The predicted molar refractivity (Wildman–Crippen MR) is 90.6 cm³/mol. The quantitative estimate of drug-likeness (QED) is 0.412. The third-order valence-electron chi connectivity index (χ3n) is 3.98. The molecular formula is C19H17ClO. The fraction of sp³-hybridized carbons (Fsp3) is 0.211. The van der Waals surface area contributed by atoms with Crippen LogP contribution in [0.1, 0.15) is 36.7 Å². The van der Waals surface area contributed by atoms with E-state index in [4.69, 9.17) is 11.6 Å². The molecule has 0 radical (unpaired) electrons. The van der Waals surface area contributed by atoms with E-state index in [0.29, 0.717) is 5.02 Å². The van der Waals surface area contributed by atoms with Gasteiger partial charge in [-0.1, -0.05) is 68.8 Å². The van der Waals surface area contributed by atoms with E-state index in [2.05, 4.69) is 32.9 Å². The first-order chi connectivity index (χ1) is 9.93. The van der Waals surface area contributed by atoms with Crippen LogP contribution in [0.3, 0.4) is 0 Å². The van der Waals surface area contributed by atoms with Crippen molar-refractivity contribution >= 4 is 39.4 Å². The molecule has 0 aromatic heterocycles. The Kier molecular flexibility index (Phi) is 3.26. The molecule has 21 heavy (non-hydrogen) atoms. The van der Waals surface area contributed by atoms with E-state index in [0.717, 1.165) is 33.4 Å². The molecule has 0 heterocycles. The molecule has 3 aromatic carbocycles. The summed E-state index contributed by atoms with van der Waals surface area (Å²) in [5.41, 5.74) is 1.95. The number of aldehydes is 1. The average Bonchev–Trinajstić information content (AvgIpc) is 2.46. The zero-order valence-electron chi connectivity index (χ0n) is 12.4. The van der Waals surface area contributed by atoms with Crippen molar-refractivity contribution in [1.82, 2.24) is 0 Å². The average molecular weight is 297 g/mol. The summed E-state index contributed by atoms with van der Waals surface area (Å²) in [4.78, 5) is 11.7. The van der Waals surface area contributed by atoms with Crippen LogP contribution in [0, 0.1) is 0 Å². The van der Waals surface area contributed by atoms with Crippen LogP contribution < -0.4 is 0 Å². The molecule has 0 unspecified atom stereocenters. The number of benzene rings is 3. The van der Waals surface area contributed by atoms with E-state index in [1.807, 2.05) is 30.3 Å². The number of fused-ring (bicyclic) bond motifs is 2. The molecule has 0 saturated heterocycles. The van der Waals surface area contributed by atoms with Gasteiger partial charge in [0.05, 0.1) is 5.02 Å². The van der Waals surface area contributed by atoms with Gasteiger partial charge < -0.3 is 0 Å². The summed E-state index contributed by atoms with van der Waals surface area (Å²) in [5, 5.41) is 4.42. The van der Waals surface area contributed by atoms with Crippen molar-refractivity contribution in [1.29, 1.82) is 0 Å². The molecule has 0 fully saturated rings. The molecule has 0 N–H and O–H groups in total. The molecule has 0 aliphatic carbocycles. The number of hydrogen-bond acceptors (Lipinski definition) is 1. The molecule has 0 bridgehead atoms. The minimum atomic E-state index is 0.0342. The minimum absolute atomic E-state index is 0.0342. The molecule has 0 spiro atoms. The van der Waals surface area contributed by atoms with Gasteiger partial charge in [-0.3, -0.25) is 4.79 Å². The summed E-state index contributed by atoms with van der Waals surface area (Å²) in [5.74, 6) is 0. The maximum atomic E-state index is 11.7. The summed E-state index contributed by atoms with van der Waals surface area (Å²) in [6, 6.07) is 14.0. The van der Waals surface area contributed by atoms with Crippen molar-refractivity contribution in [2.75, 3.05) is 0 Å². The van der Waals surface area contributed by atoms with Gasteiger partial charge in [-0.15, -0.1) is 0 Å². The van der Waals surface area contributed by atoms with Crippen molar-refractivity contribution in [3.05, 3.63) is 58.6 Å². The third kappa shape index (κ3) is 2.22. The summed E-state index contributed by atoms with van der Waals surface area (Å²) in [7, 11) is 0. The van der Waals surface area contributed by atoms with E-state index in [9.17, 15) is 4.79 Å². The number of carbonyl (C=O) groups is 1. The second-order valence-electron chi connectivity index (χ2n) is 6.40. The lowest BCUT2D eigenvalue weighted by atomic mass is 9.84. The third-order valence-corrected chi connectivity index (χ3v) is 4.39.